The first kappa shape index (κ1) is 6.60. The summed E-state index contributed by atoms with van der Waals surface area (Å²) in [6.45, 7) is 0. The van der Waals surface area contributed by atoms with E-state index < -0.39 is 0 Å². The molecular weight excluding hydrogens is 130 g/mol. The maximum atomic E-state index is 7.26. The molecule has 0 fully saturated rings. The van der Waals surface area contributed by atoms with Gasteiger partial charge in [-0.05, 0) is 0 Å². The van der Waals surface area contributed by atoms with Crippen molar-refractivity contribution in [3.63, 3.8) is 0 Å². The minimum absolute atomic E-state index is 0.255. The molecule has 0 unspecified atom stereocenters. The molecule has 1 heterocycles. The third-order valence-electron chi connectivity index (χ3n) is 1.23. The maximum absolute atomic E-state index is 7.26. The lowest BCUT2D eigenvalue weighted by Crippen LogP contribution is -2.21. The fourth-order valence-corrected chi connectivity index (χ4v) is 0.600. The molecule has 1 aromatic rings. The number of nitrogens with one attached hydrogen (secondary N) is 1. The van der Waals surface area contributed by atoms with Crippen LogP contribution in [0.2, 0.25) is 0 Å². The Labute approximate surface area is 57.8 Å². The second kappa shape index (κ2) is 2.02. The first-order chi connectivity index (χ1) is 4.61. The van der Waals surface area contributed by atoms with E-state index in [2.05, 4.69) is 4.98 Å². The van der Waals surface area contributed by atoms with Crippen LogP contribution in [0.1, 0.15) is 0 Å². The Hall–Kier alpha value is -1.52. The molecule has 0 saturated carbocycles. The van der Waals surface area contributed by atoms with Crippen LogP contribution in [-0.2, 0) is 7.05 Å². The SMILES string of the molecule is Cn1c(N)nc(N)cc1=N. The molecule has 0 aromatic carbocycles. The van der Waals surface area contributed by atoms with Crippen molar-refractivity contribution in [2.75, 3.05) is 11.5 Å². The molecule has 0 saturated heterocycles. The largest absolute Gasteiger partial charge is 0.383 e. The zero-order chi connectivity index (χ0) is 7.72. The lowest BCUT2D eigenvalue weighted by Gasteiger charge is -2.02. The first-order valence-corrected chi connectivity index (χ1v) is 2.75. The van der Waals surface area contributed by atoms with E-state index in [0.717, 1.165) is 0 Å². The summed E-state index contributed by atoms with van der Waals surface area (Å²) in [7, 11) is 1.66. The van der Waals surface area contributed by atoms with Crippen LogP contribution >= 0.6 is 0 Å². The third-order valence-corrected chi connectivity index (χ3v) is 1.23. The Morgan fingerprint density at radius 3 is 2.70 bits per heavy atom. The first-order valence-electron chi connectivity index (χ1n) is 2.75. The topological polar surface area (TPSA) is 93.7 Å². The number of hydrogen-bond donors (Lipinski definition) is 3. The Kier molecular flexibility index (Phi) is 1.33. The van der Waals surface area contributed by atoms with Gasteiger partial charge in [0.15, 0.2) is 0 Å². The zero-order valence-corrected chi connectivity index (χ0v) is 5.63. The predicted molar refractivity (Wildman–Crippen MR) is 37.9 cm³/mol. The fraction of sp³-hybridized carbons (Fsp3) is 0.200. The van der Waals surface area contributed by atoms with Gasteiger partial charge in [0.2, 0.25) is 5.95 Å². The van der Waals surface area contributed by atoms with Crippen molar-refractivity contribution in [3.05, 3.63) is 11.6 Å². The minimum atomic E-state index is 0.255. The van der Waals surface area contributed by atoms with Gasteiger partial charge >= 0.3 is 0 Å². The Morgan fingerprint density at radius 2 is 2.20 bits per heavy atom. The van der Waals surface area contributed by atoms with Gasteiger partial charge in [0, 0.05) is 13.1 Å². The molecule has 0 aliphatic heterocycles. The van der Waals surface area contributed by atoms with Crippen LogP contribution in [0.5, 0.6) is 0 Å². The summed E-state index contributed by atoms with van der Waals surface area (Å²) in [4.78, 5) is 3.73. The zero-order valence-electron chi connectivity index (χ0n) is 5.63. The van der Waals surface area contributed by atoms with Crippen molar-refractivity contribution in [2.45, 2.75) is 0 Å². The molecule has 1 rings (SSSR count). The highest BCUT2D eigenvalue weighted by molar-refractivity contribution is 5.32. The van der Waals surface area contributed by atoms with Gasteiger partial charge in [0.25, 0.3) is 0 Å². The standard InChI is InChI=1S/C5H9N5/c1-10-4(7)2-3(6)9-5(10)8/h2,7H,6H2,1H3,(H2,8,9). The van der Waals surface area contributed by atoms with Crippen molar-refractivity contribution in [3.8, 4) is 0 Å². The molecule has 0 amide bonds. The molecule has 10 heavy (non-hydrogen) atoms. The second-order valence-electron chi connectivity index (χ2n) is 1.98. The summed E-state index contributed by atoms with van der Waals surface area (Å²) in [6, 6.07) is 1.44. The number of rotatable bonds is 0. The normalized spacial score (nSPS) is 9.70. The van der Waals surface area contributed by atoms with Crippen molar-refractivity contribution in [1.82, 2.24) is 9.55 Å². The molecule has 1 aromatic heterocycles. The summed E-state index contributed by atoms with van der Waals surface area (Å²) in [5.41, 5.74) is 10.9. The number of anilines is 2. The van der Waals surface area contributed by atoms with Crippen molar-refractivity contribution in [1.29, 1.82) is 5.41 Å². The number of nitrogen functional groups attached to an aromatic ring is 2. The van der Waals surface area contributed by atoms with Crippen LogP contribution in [0.3, 0.4) is 0 Å². The lowest BCUT2D eigenvalue weighted by molar-refractivity contribution is 0.807. The fourth-order valence-electron chi connectivity index (χ4n) is 0.600. The monoisotopic (exact) mass is 139 g/mol. The summed E-state index contributed by atoms with van der Waals surface area (Å²) in [5, 5.41) is 7.26. The van der Waals surface area contributed by atoms with Crippen molar-refractivity contribution < 1.29 is 0 Å². The molecule has 0 bridgehead atoms. The Bertz CT molecular complexity index is 299. The van der Waals surface area contributed by atoms with Gasteiger partial charge < -0.3 is 16.0 Å². The Morgan fingerprint density at radius 1 is 1.60 bits per heavy atom. The van der Waals surface area contributed by atoms with Crippen LogP contribution in [0.4, 0.5) is 11.8 Å². The quantitative estimate of drug-likeness (QED) is 0.433. The van der Waals surface area contributed by atoms with Gasteiger partial charge in [-0.3, -0.25) is 5.41 Å². The summed E-state index contributed by atoms with van der Waals surface area (Å²) in [6.07, 6.45) is 0. The molecule has 0 spiro atoms. The maximum Gasteiger partial charge on any atom is 0.203 e. The summed E-state index contributed by atoms with van der Waals surface area (Å²) < 4.78 is 1.44. The molecule has 0 aliphatic rings. The van der Waals surface area contributed by atoms with Crippen LogP contribution in [0, 0.1) is 5.41 Å². The number of nitrogens with zero attached hydrogens (tertiary/aromatic N) is 2. The average Bonchev–Trinajstić information content (AvgIpc) is 1.82. The average molecular weight is 139 g/mol. The predicted octanol–water partition coefficient (Wildman–Crippen LogP) is -0.936. The van der Waals surface area contributed by atoms with E-state index in [0.29, 0.717) is 0 Å². The third kappa shape index (κ3) is 0.928. The van der Waals surface area contributed by atoms with Crippen LogP contribution < -0.4 is 17.0 Å². The van der Waals surface area contributed by atoms with Gasteiger partial charge in [-0.25, -0.2) is 0 Å². The van der Waals surface area contributed by atoms with E-state index >= 15 is 0 Å². The number of aromatic nitrogens is 2. The van der Waals surface area contributed by atoms with E-state index in [9.17, 15) is 0 Å². The highest BCUT2D eigenvalue weighted by atomic mass is 15.1. The van der Waals surface area contributed by atoms with E-state index in [1.54, 1.807) is 7.05 Å². The molecule has 5 heteroatoms. The van der Waals surface area contributed by atoms with Crippen molar-refractivity contribution in [2.24, 2.45) is 7.05 Å². The van der Waals surface area contributed by atoms with E-state index in [1.807, 2.05) is 0 Å². The molecule has 0 atom stereocenters. The van der Waals surface area contributed by atoms with E-state index in [-0.39, 0.29) is 17.3 Å². The van der Waals surface area contributed by atoms with Gasteiger partial charge in [0.1, 0.15) is 11.3 Å². The number of nitrogens with two attached hydrogens (primary N) is 2. The van der Waals surface area contributed by atoms with Gasteiger partial charge in [0.05, 0.1) is 0 Å². The van der Waals surface area contributed by atoms with Crippen LogP contribution in [0.15, 0.2) is 6.07 Å². The van der Waals surface area contributed by atoms with Crippen molar-refractivity contribution >= 4 is 11.8 Å². The van der Waals surface area contributed by atoms with Crippen LogP contribution in [0.25, 0.3) is 0 Å². The van der Waals surface area contributed by atoms with Gasteiger partial charge in [-0.2, -0.15) is 4.98 Å². The molecule has 0 aliphatic carbocycles. The molecule has 0 radical (unpaired) electrons. The molecule has 5 nitrogen and oxygen atoms in total. The highest BCUT2D eigenvalue weighted by Crippen LogP contribution is 1.94. The molecule has 54 valence electrons. The second-order valence-corrected chi connectivity index (χ2v) is 1.98. The van der Waals surface area contributed by atoms with Gasteiger partial charge in [-0.15, -0.1) is 0 Å². The highest BCUT2D eigenvalue weighted by Gasteiger charge is 1.94. The van der Waals surface area contributed by atoms with E-state index in [1.165, 1.54) is 10.6 Å². The minimum Gasteiger partial charge on any atom is -0.383 e. The number of hydrogen-bond acceptors (Lipinski definition) is 4. The summed E-state index contributed by atoms with van der Waals surface area (Å²) >= 11 is 0. The smallest absolute Gasteiger partial charge is 0.203 e. The van der Waals surface area contributed by atoms with E-state index in [4.69, 9.17) is 16.9 Å². The summed E-state index contributed by atoms with van der Waals surface area (Å²) in [5.74, 6) is 0.533. The van der Waals surface area contributed by atoms with Gasteiger partial charge in [-0.1, -0.05) is 0 Å². The lowest BCUT2D eigenvalue weighted by atomic mass is 10.5. The molecular formula is C5H9N5. The molecule has 5 N–H and O–H groups in total. The van der Waals surface area contributed by atoms with Crippen LogP contribution in [-0.4, -0.2) is 9.55 Å². The Balaban J connectivity index is 3.46.